The molecule has 0 radical (unpaired) electrons. The van der Waals surface area contributed by atoms with Crippen LogP contribution in [-0.2, 0) is 4.79 Å². The molecule has 1 rings (SSSR count). The molecule has 0 heterocycles. The van der Waals surface area contributed by atoms with Gasteiger partial charge in [-0.1, -0.05) is 0 Å². The van der Waals surface area contributed by atoms with Crippen molar-refractivity contribution in [3.8, 4) is 0 Å². The predicted molar refractivity (Wildman–Crippen MR) is 60.0 cm³/mol. The van der Waals surface area contributed by atoms with Crippen molar-refractivity contribution in [3.05, 3.63) is 28.0 Å². The van der Waals surface area contributed by atoms with Gasteiger partial charge in [-0.15, -0.1) is 0 Å². The number of anilines is 1. The summed E-state index contributed by atoms with van der Waals surface area (Å²) in [5.41, 5.74) is 10.2. The lowest BCUT2D eigenvalue weighted by molar-refractivity contribution is -0.117. The average molecular weight is 290 g/mol. The maximum Gasteiger partial charge on any atom is 0.252 e. The van der Waals surface area contributed by atoms with Crippen LogP contribution in [0.25, 0.3) is 0 Å². The summed E-state index contributed by atoms with van der Waals surface area (Å²) >= 11 is 3.02. The first-order valence-electron chi connectivity index (χ1n) is 4.23. The van der Waals surface area contributed by atoms with E-state index in [0.29, 0.717) is 0 Å². The van der Waals surface area contributed by atoms with E-state index in [2.05, 4.69) is 21.2 Å². The van der Waals surface area contributed by atoms with Gasteiger partial charge in [0.1, 0.15) is 5.82 Å². The fraction of sp³-hybridized carbons (Fsp3) is 0.111. The molecule has 0 fully saturated rings. The van der Waals surface area contributed by atoms with Crippen molar-refractivity contribution >= 4 is 33.4 Å². The van der Waals surface area contributed by atoms with Crippen molar-refractivity contribution < 1.29 is 14.0 Å². The zero-order valence-corrected chi connectivity index (χ0v) is 9.67. The third-order valence-electron chi connectivity index (χ3n) is 1.75. The number of nitrogens with two attached hydrogens (primary N) is 2. The van der Waals surface area contributed by atoms with Crippen molar-refractivity contribution in [2.45, 2.75) is 0 Å². The molecule has 0 aliphatic rings. The van der Waals surface area contributed by atoms with E-state index in [1.54, 1.807) is 0 Å². The van der Waals surface area contributed by atoms with Crippen LogP contribution < -0.4 is 16.8 Å². The summed E-state index contributed by atoms with van der Waals surface area (Å²) in [5.74, 6) is -1.85. The van der Waals surface area contributed by atoms with Crippen molar-refractivity contribution in [3.63, 3.8) is 0 Å². The summed E-state index contributed by atoms with van der Waals surface area (Å²) in [6, 6.07) is 2.25. The standard InChI is InChI=1S/C9H9BrFN3O2/c10-5-2-6(11)7(12)1-4(5)9(16)14-3-8(13)15/h1-2H,3,12H2,(H2,13,15)(H,14,16). The zero-order valence-electron chi connectivity index (χ0n) is 8.09. The van der Waals surface area contributed by atoms with Crippen LogP contribution in [0.5, 0.6) is 0 Å². The van der Waals surface area contributed by atoms with E-state index >= 15 is 0 Å². The number of hydrogen-bond donors (Lipinski definition) is 3. The molecule has 0 atom stereocenters. The molecular formula is C9H9BrFN3O2. The summed E-state index contributed by atoms with van der Waals surface area (Å²) < 4.78 is 13.2. The number of amides is 2. The highest BCUT2D eigenvalue weighted by Crippen LogP contribution is 2.22. The molecule has 16 heavy (non-hydrogen) atoms. The van der Waals surface area contributed by atoms with Gasteiger partial charge >= 0.3 is 0 Å². The number of rotatable bonds is 3. The first-order valence-corrected chi connectivity index (χ1v) is 5.02. The Balaban J connectivity index is 2.91. The Kier molecular flexibility index (Phi) is 3.83. The summed E-state index contributed by atoms with van der Waals surface area (Å²) in [5, 5.41) is 2.26. The Morgan fingerprint density at radius 3 is 2.62 bits per heavy atom. The van der Waals surface area contributed by atoms with Gasteiger partial charge in [-0.2, -0.15) is 0 Å². The predicted octanol–water partition coefficient (Wildman–Crippen LogP) is 0.385. The number of primary amides is 1. The highest BCUT2D eigenvalue weighted by atomic mass is 79.9. The molecule has 0 aromatic heterocycles. The van der Waals surface area contributed by atoms with E-state index in [9.17, 15) is 14.0 Å². The van der Waals surface area contributed by atoms with Crippen LogP contribution in [0.3, 0.4) is 0 Å². The van der Waals surface area contributed by atoms with Gasteiger partial charge in [0.05, 0.1) is 17.8 Å². The van der Waals surface area contributed by atoms with E-state index in [-0.39, 0.29) is 22.3 Å². The lowest BCUT2D eigenvalue weighted by Crippen LogP contribution is -2.33. The van der Waals surface area contributed by atoms with Gasteiger partial charge in [0.2, 0.25) is 5.91 Å². The second-order valence-electron chi connectivity index (χ2n) is 3.00. The molecule has 0 unspecified atom stereocenters. The molecule has 0 saturated heterocycles. The molecule has 0 aliphatic heterocycles. The monoisotopic (exact) mass is 289 g/mol. The number of nitrogen functional groups attached to an aromatic ring is 1. The summed E-state index contributed by atoms with van der Waals surface area (Å²) in [6.45, 7) is -0.289. The molecular weight excluding hydrogens is 281 g/mol. The summed E-state index contributed by atoms with van der Waals surface area (Å²) in [6.07, 6.45) is 0. The zero-order chi connectivity index (χ0) is 12.3. The number of carbonyl (C=O) groups excluding carboxylic acids is 2. The Hall–Kier alpha value is -1.63. The third kappa shape index (κ3) is 2.93. The van der Waals surface area contributed by atoms with Gasteiger partial charge in [0.15, 0.2) is 0 Å². The van der Waals surface area contributed by atoms with Gasteiger partial charge in [-0.05, 0) is 28.1 Å². The van der Waals surface area contributed by atoms with Gasteiger partial charge in [0.25, 0.3) is 5.91 Å². The SMILES string of the molecule is NC(=O)CNC(=O)c1cc(N)c(F)cc1Br. The molecule has 86 valence electrons. The second-order valence-corrected chi connectivity index (χ2v) is 3.86. The smallest absolute Gasteiger partial charge is 0.252 e. The minimum absolute atomic E-state index is 0.139. The molecule has 7 heteroatoms. The topological polar surface area (TPSA) is 98.2 Å². The second kappa shape index (κ2) is 4.93. The Labute approximate surface area is 99.1 Å². The van der Waals surface area contributed by atoms with Crippen molar-refractivity contribution in [1.29, 1.82) is 0 Å². The van der Waals surface area contributed by atoms with E-state index in [1.807, 2.05) is 0 Å². The van der Waals surface area contributed by atoms with Crippen molar-refractivity contribution in [2.24, 2.45) is 5.73 Å². The van der Waals surface area contributed by atoms with E-state index in [1.165, 1.54) is 6.07 Å². The highest BCUT2D eigenvalue weighted by molar-refractivity contribution is 9.10. The van der Waals surface area contributed by atoms with Crippen LogP contribution in [0.2, 0.25) is 0 Å². The fourth-order valence-electron chi connectivity index (χ4n) is 1.00. The van der Waals surface area contributed by atoms with Crippen molar-refractivity contribution in [2.75, 3.05) is 12.3 Å². The molecule has 5 nitrogen and oxygen atoms in total. The molecule has 1 aromatic carbocycles. The highest BCUT2D eigenvalue weighted by Gasteiger charge is 2.13. The fourth-order valence-corrected chi connectivity index (χ4v) is 1.50. The number of hydrogen-bond acceptors (Lipinski definition) is 3. The van der Waals surface area contributed by atoms with Gasteiger partial charge in [-0.3, -0.25) is 9.59 Å². The number of nitrogens with one attached hydrogen (secondary N) is 1. The van der Waals surface area contributed by atoms with E-state index in [0.717, 1.165) is 6.07 Å². The minimum atomic E-state index is -0.667. The average Bonchev–Trinajstić information content (AvgIpc) is 2.20. The molecule has 0 aliphatic carbocycles. The molecule has 5 N–H and O–H groups in total. The summed E-state index contributed by atoms with van der Waals surface area (Å²) in [7, 11) is 0. The molecule has 1 aromatic rings. The lowest BCUT2D eigenvalue weighted by Gasteiger charge is -2.06. The van der Waals surface area contributed by atoms with E-state index in [4.69, 9.17) is 11.5 Å². The maximum atomic E-state index is 13.0. The maximum absolute atomic E-state index is 13.0. The normalized spacial score (nSPS) is 9.88. The Morgan fingerprint density at radius 1 is 1.44 bits per heavy atom. The number of benzene rings is 1. The Morgan fingerprint density at radius 2 is 2.06 bits per heavy atom. The quantitative estimate of drug-likeness (QED) is 0.702. The molecule has 0 spiro atoms. The van der Waals surface area contributed by atoms with Gasteiger partial charge in [-0.25, -0.2) is 4.39 Å². The lowest BCUT2D eigenvalue weighted by atomic mass is 10.2. The first-order chi connectivity index (χ1) is 7.41. The van der Waals surface area contributed by atoms with Crippen LogP contribution in [0, 0.1) is 5.82 Å². The van der Waals surface area contributed by atoms with Crippen LogP contribution in [0.1, 0.15) is 10.4 Å². The Bertz CT molecular complexity index is 451. The van der Waals surface area contributed by atoms with Crippen LogP contribution in [0.4, 0.5) is 10.1 Å². The minimum Gasteiger partial charge on any atom is -0.396 e. The van der Waals surface area contributed by atoms with E-state index < -0.39 is 17.6 Å². The third-order valence-corrected chi connectivity index (χ3v) is 2.41. The number of halogens is 2. The van der Waals surface area contributed by atoms with Crippen LogP contribution in [-0.4, -0.2) is 18.4 Å². The molecule has 0 bridgehead atoms. The summed E-state index contributed by atoms with van der Waals surface area (Å²) in [4.78, 5) is 22.0. The molecule has 0 saturated carbocycles. The van der Waals surface area contributed by atoms with Crippen molar-refractivity contribution in [1.82, 2.24) is 5.32 Å². The largest absolute Gasteiger partial charge is 0.396 e. The van der Waals surface area contributed by atoms with Gasteiger partial charge in [0, 0.05) is 4.47 Å². The molecule has 2 amide bonds. The number of carbonyl (C=O) groups is 2. The van der Waals surface area contributed by atoms with Crippen LogP contribution in [0.15, 0.2) is 16.6 Å². The van der Waals surface area contributed by atoms with Gasteiger partial charge < -0.3 is 16.8 Å². The first kappa shape index (κ1) is 12.4. The van der Waals surface area contributed by atoms with Crippen LogP contribution >= 0.6 is 15.9 Å².